The quantitative estimate of drug-likeness (QED) is 0.738. The van der Waals surface area contributed by atoms with E-state index in [0.717, 1.165) is 0 Å². The lowest BCUT2D eigenvalue weighted by Gasteiger charge is -2.08. The molecule has 0 radical (unpaired) electrons. The Hall–Kier alpha value is -2.30. The summed E-state index contributed by atoms with van der Waals surface area (Å²) in [7, 11) is 0. The van der Waals surface area contributed by atoms with Crippen molar-refractivity contribution >= 4 is 17.3 Å². The second-order valence-corrected chi connectivity index (χ2v) is 3.92. The molecule has 106 valence electrons. The number of aromatic nitrogens is 2. The van der Waals surface area contributed by atoms with Crippen LogP contribution in [0.3, 0.4) is 0 Å². The highest BCUT2D eigenvalue weighted by Gasteiger charge is 2.09. The highest BCUT2D eigenvalue weighted by molar-refractivity contribution is 6.33. The van der Waals surface area contributed by atoms with Gasteiger partial charge in [-0.1, -0.05) is 11.6 Å². The van der Waals surface area contributed by atoms with Gasteiger partial charge in [-0.25, -0.2) is 0 Å². The molecule has 0 unspecified atom stereocenters. The summed E-state index contributed by atoms with van der Waals surface area (Å²) in [5, 5.41) is 36.4. The minimum absolute atomic E-state index is 0.0236. The molecule has 0 bridgehead atoms. The van der Waals surface area contributed by atoms with Gasteiger partial charge in [-0.15, -0.1) is 10.2 Å². The molecule has 0 atom stereocenters. The molecule has 2 rings (SSSR count). The van der Waals surface area contributed by atoms with Crippen LogP contribution in [0.5, 0.6) is 5.75 Å². The van der Waals surface area contributed by atoms with E-state index in [2.05, 4.69) is 19.9 Å². The monoisotopic (exact) mass is 296 g/mol. The van der Waals surface area contributed by atoms with E-state index < -0.39 is 0 Å². The molecule has 20 heavy (non-hydrogen) atoms. The van der Waals surface area contributed by atoms with Gasteiger partial charge < -0.3 is 19.9 Å². The summed E-state index contributed by atoms with van der Waals surface area (Å²) in [6.07, 6.45) is 1.30. The van der Waals surface area contributed by atoms with Crippen LogP contribution in [0.2, 0.25) is 5.02 Å². The van der Waals surface area contributed by atoms with Gasteiger partial charge in [-0.3, -0.25) is 0 Å². The van der Waals surface area contributed by atoms with Crippen LogP contribution in [0.25, 0.3) is 0 Å². The Balaban J connectivity index is 0.000000276. The van der Waals surface area contributed by atoms with Gasteiger partial charge >= 0.3 is 0 Å². The van der Waals surface area contributed by atoms with E-state index in [-0.39, 0.29) is 22.9 Å². The van der Waals surface area contributed by atoms with E-state index in [1.807, 2.05) is 6.07 Å². The number of anilines is 1. The number of hydrogen-bond donors (Lipinski definition) is 3. The third kappa shape index (κ3) is 4.42. The predicted molar refractivity (Wildman–Crippen MR) is 72.4 cm³/mol. The Morgan fingerprint density at radius 1 is 1.50 bits per heavy atom. The van der Waals surface area contributed by atoms with Gasteiger partial charge in [0.05, 0.1) is 17.9 Å². The number of nitriles is 1. The lowest BCUT2D eigenvalue weighted by atomic mass is 10.2. The maximum absolute atomic E-state index is 9.51. The summed E-state index contributed by atoms with van der Waals surface area (Å²) in [6.45, 7) is 2.01. The second-order valence-electron chi connectivity index (χ2n) is 3.54. The number of nitrogens with one attached hydrogen (secondary N) is 1. The zero-order chi connectivity index (χ0) is 15.0. The fraction of sp³-hybridized carbons (Fsp3) is 0.250. The number of halogens is 1. The third-order valence-corrected chi connectivity index (χ3v) is 2.52. The first kappa shape index (κ1) is 15.8. The lowest BCUT2D eigenvalue weighted by Crippen LogP contribution is -2.05. The average molecular weight is 297 g/mol. The van der Waals surface area contributed by atoms with Crippen molar-refractivity contribution < 1.29 is 14.6 Å². The Morgan fingerprint density at radius 3 is 2.70 bits per heavy atom. The summed E-state index contributed by atoms with van der Waals surface area (Å²) in [4.78, 5) is 0. The number of aromatic hydroxyl groups is 1. The van der Waals surface area contributed by atoms with Crippen LogP contribution >= 0.6 is 11.6 Å². The molecule has 0 aliphatic rings. The van der Waals surface area contributed by atoms with E-state index in [0.29, 0.717) is 18.1 Å². The molecule has 0 fully saturated rings. The summed E-state index contributed by atoms with van der Waals surface area (Å²) >= 11 is 5.70. The Labute approximate surface area is 120 Å². The molecule has 0 saturated heterocycles. The maximum atomic E-state index is 9.51. The Kier molecular flexibility index (Phi) is 6.29. The van der Waals surface area contributed by atoms with E-state index in [1.165, 1.54) is 18.5 Å². The molecule has 0 saturated carbocycles. The van der Waals surface area contributed by atoms with Gasteiger partial charge in [0.2, 0.25) is 12.3 Å². The molecule has 7 nitrogen and oxygen atoms in total. The van der Waals surface area contributed by atoms with Gasteiger partial charge in [0.25, 0.3) is 0 Å². The van der Waals surface area contributed by atoms with Crippen molar-refractivity contribution in [2.24, 2.45) is 0 Å². The number of rotatable bonds is 3. The first-order valence-corrected chi connectivity index (χ1v) is 5.97. The molecule has 1 aromatic carbocycles. The van der Waals surface area contributed by atoms with Crippen LogP contribution in [-0.2, 0) is 0 Å². The molecule has 0 aliphatic carbocycles. The highest BCUT2D eigenvalue weighted by atomic mass is 35.5. The number of nitrogens with zero attached hydrogens (tertiary/aromatic N) is 3. The van der Waals surface area contributed by atoms with Crippen LogP contribution in [0, 0.1) is 18.3 Å². The molecule has 1 aromatic heterocycles. The number of aliphatic hydroxyl groups excluding tert-OH is 1. The molecule has 8 heteroatoms. The zero-order valence-corrected chi connectivity index (χ0v) is 11.4. The Bertz CT molecular complexity index is 581. The summed E-state index contributed by atoms with van der Waals surface area (Å²) in [6, 6.07) is 4.89. The van der Waals surface area contributed by atoms with Crippen molar-refractivity contribution in [1.29, 1.82) is 5.26 Å². The van der Waals surface area contributed by atoms with Crippen LogP contribution in [-0.4, -0.2) is 33.6 Å². The van der Waals surface area contributed by atoms with Crippen LogP contribution in [0.1, 0.15) is 11.5 Å². The SMILES string of the molecule is Cc1nnco1.N#Cc1ccc(NCCO)c(O)c1Cl. The number of hydrogen-bond acceptors (Lipinski definition) is 7. The molecule has 1 heterocycles. The van der Waals surface area contributed by atoms with Crippen molar-refractivity contribution in [3.05, 3.63) is 35.0 Å². The molecule has 3 N–H and O–H groups in total. The third-order valence-electron chi connectivity index (χ3n) is 2.13. The maximum Gasteiger partial charge on any atom is 0.213 e. The first-order valence-electron chi connectivity index (χ1n) is 5.59. The summed E-state index contributed by atoms with van der Waals surface area (Å²) in [5.74, 6) is 0.439. The van der Waals surface area contributed by atoms with E-state index in [4.69, 9.17) is 22.0 Å². The number of aryl methyl sites for hydroxylation is 1. The van der Waals surface area contributed by atoms with Crippen LogP contribution in [0.4, 0.5) is 5.69 Å². The van der Waals surface area contributed by atoms with Crippen molar-refractivity contribution in [1.82, 2.24) is 10.2 Å². The average Bonchev–Trinajstić information content (AvgIpc) is 2.92. The van der Waals surface area contributed by atoms with Gasteiger partial charge in [0.1, 0.15) is 11.1 Å². The second kappa shape index (κ2) is 7.99. The normalized spacial score (nSPS) is 9.30. The topological polar surface area (TPSA) is 115 Å². The van der Waals surface area contributed by atoms with E-state index in [1.54, 1.807) is 6.92 Å². The summed E-state index contributed by atoms with van der Waals surface area (Å²) in [5.41, 5.74) is 0.627. The minimum atomic E-state index is -0.167. The van der Waals surface area contributed by atoms with Crippen LogP contribution < -0.4 is 5.32 Å². The standard InChI is InChI=1S/C9H9ClN2O2.C3H4N2O/c10-8-6(5-11)1-2-7(9(8)14)12-3-4-13;1-3-5-4-2-6-3/h1-2,12-14H,3-4H2;2H,1H3. The molecular weight excluding hydrogens is 284 g/mol. The number of aliphatic hydroxyl groups is 1. The van der Waals surface area contributed by atoms with Gasteiger partial charge in [-0.2, -0.15) is 5.26 Å². The van der Waals surface area contributed by atoms with E-state index >= 15 is 0 Å². The first-order chi connectivity index (χ1) is 9.60. The fourth-order valence-electron chi connectivity index (χ4n) is 1.21. The molecule has 0 spiro atoms. The minimum Gasteiger partial charge on any atom is -0.504 e. The number of phenolic OH excluding ortho intramolecular Hbond substituents is 1. The largest absolute Gasteiger partial charge is 0.504 e. The molecule has 0 aliphatic heterocycles. The van der Waals surface area contributed by atoms with Crippen molar-refractivity contribution in [2.75, 3.05) is 18.5 Å². The van der Waals surface area contributed by atoms with E-state index in [9.17, 15) is 5.11 Å². The van der Waals surface area contributed by atoms with Crippen LogP contribution in [0.15, 0.2) is 22.9 Å². The number of benzene rings is 1. The zero-order valence-electron chi connectivity index (χ0n) is 10.7. The smallest absolute Gasteiger partial charge is 0.213 e. The molecular formula is C12H13ClN4O3. The predicted octanol–water partition coefficient (Wildman–Crippen LogP) is 1.70. The molecule has 2 aromatic rings. The highest BCUT2D eigenvalue weighted by Crippen LogP contribution is 2.34. The van der Waals surface area contributed by atoms with Gasteiger partial charge in [-0.05, 0) is 12.1 Å². The number of phenols is 1. The fourth-order valence-corrected chi connectivity index (χ4v) is 1.42. The Morgan fingerprint density at radius 2 is 2.25 bits per heavy atom. The summed E-state index contributed by atoms with van der Waals surface area (Å²) < 4.78 is 4.61. The molecule has 0 amide bonds. The van der Waals surface area contributed by atoms with Gasteiger partial charge in [0, 0.05) is 13.5 Å². The van der Waals surface area contributed by atoms with Crippen molar-refractivity contribution in [2.45, 2.75) is 6.92 Å². The van der Waals surface area contributed by atoms with Gasteiger partial charge in [0.15, 0.2) is 5.75 Å². The lowest BCUT2D eigenvalue weighted by molar-refractivity contribution is 0.311. The van der Waals surface area contributed by atoms with Crippen molar-refractivity contribution in [3.8, 4) is 11.8 Å². The van der Waals surface area contributed by atoms with Crippen molar-refractivity contribution in [3.63, 3.8) is 0 Å².